The maximum Gasteiger partial charge on any atom is 0.162 e. The lowest BCUT2D eigenvalue weighted by atomic mass is 9.70. The van der Waals surface area contributed by atoms with Gasteiger partial charge in [-0.25, -0.2) is 5.01 Å². The van der Waals surface area contributed by atoms with Crippen LogP contribution in [0.25, 0.3) is 0 Å². The van der Waals surface area contributed by atoms with Crippen LogP contribution in [-0.2, 0) is 4.79 Å². The summed E-state index contributed by atoms with van der Waals surface area (Å²) in [7, 11) is 3.77. The van der Waals surface area contributed by atoms with Crippen molar-refractivity contribution >= 4 is 17.1 Å². The van der Waals surface area contributed by atoms with Gasteiger partial charge < -0.3 is 5.73 Å². The van der Waals surface area contributed by atoms with Crippen LogP contribution in [0.4, 0.5) is 0 Å². The number of hydrogen-bond acceptors (Lipinski definition) is 6. The second kappa shape index (κ2) is 6.01. The monoisotopic (exact) mass is 356 g/mol. The van der Waals surface area contributed by atoms with Crippen molar-refractivity contribution in [1.29, 1.82) is 5.26 Å². The Morgan fingerprint density at radius 2 is 2.08 bits per heavy atom. The summed E-state index contributed by atoms with van der Waals surface area (Å²) in [4.78, 5) is 14.2. The molecule has 1 aromatic heterocycles. The normalized spacial score (nSPS) is 23.2. The lowest BCUT2D eigenvalue weighted by molar-refractivity contribution is -0.119. The Balaban J connectivity index is 2.30. The topological polar surface area (TPSA) is 73.4 Å². The average Bonchev–Trinajstić information content (AvgIpc) is 2.90. The van der Waals surface area contributed by atoms with Crippen LogP contribution in [0.15, 0.2) is 34.1 Å². The minimum absolute atomic E-state index is 0.121. The van der Waals surface area contributed by atoms with Crippen molar-refractivity contribution in [2.45, 2.75) is 39.5 Å². The minimum atomic E-state index is -0.347. The molecule has 3 rings (SSSR count). The first-order valence-corrected chi connectivity index (χ1v) is 9.23. The Bertz CT molecular complexity index is 838. The second-order valence-electron chi connectivity index (χ2n) is 7.77. The van der Waals surface area contributed by atoms with Crippen molar-refractivity contribution in [2.75, 3.05) is 14.1 Å². The number of nitriles is 1. The lowest BCUT2D eigenvalue weighted by Crippen LogP contribution is -2.47. The summed E-state index contributed by atoms with van der Waals surface area (Å²) < 4.78 is 0. The van der Waals surface area contributed by atoms with E-state index in [2.05, 4.69) is 19.9 Å². The van der Waals surface area contributed by atoms with E-state index in [0.717, 1.165) is 28.1 Å². The number of nitrogens with zero attached hydrogens (tertiary/aromatic N) is 3. The van der Waals surface area contributed by atoms with Crippen LogP contribution >= 0.6 is 11.3 Å². The number of Topliss-reactive ketones (excluding diaryl/α,β-unsaturated/α-hetero) is 1. The molecule has 0 fully saturated rings. The third-order valence-corrected chi connectivity index (χ3v) is 6.00. The van der Waals surface area contributed by atoms with E-state index in [1.54, 1.807) is 11.3 Å². The highest BCUT2D eigenvalue weighted by molar-refractivity contribution is 7.10. The van der Waals surface area contributed by atoms with Gasteiger partial charge >= 0.3 is 0 Å². The van der Waals surface area contributed by atoms with Crippen LogP contribution in [0.5, 0.6) is 0 Å². The molecular weight excluding hydrogens is 332 g/mol. The Morgan fingerprint density at radius 3 is 2.60 bits per heavy atom. The van der Waals surface area contributed by atoms with E-state index in [1.807, 2.05) is 42.5 Å². The van der Waals surface area contributed by atoms with Crippen LogP contribution in [-0.4, -0.2) is 29.9 Å². The van der Waals surface area contributed by atoms with Gasteiger partial charge in [0.15, 0.2) is 5.78 Å². The smallest absolute Gasteiger partial charge is 0.162 e. The van der Waals surface area contributed by atoms with Crippen molar-refractivity contribution < 1.29 is 4.79 Å². The number of hydrazine groups is 1. The number of ketones is 1. The molecule has 0 saturated carbocycles. The first kappa shape index (κ1) is 17.7. The van der Waals surface area contributed by atoms with Crippen LogP contribution in [0.2, 0.25) is 0 Å². The molecule has 25 heavy (non-hydrogen) atoms. The summed E-state index contributed by atoms with van der Waals surface area (Å²) >= 11 is 1.59. The van der Waals surface area contributed by atoms with Crippen molar-refractivity contribution in [3.05, 3.63) is 44.6 Å². The Kier molecular flexibility index (Phi) is 4.26. The molecule has 0 spiro atoms. The molecule has 2 aliphatic rings. The minimum Gasteiger partial charge on any atom is -0.383 e. The molecule has 0 unspecified atom stereocenters. The zero-order valence-electron chi connectivity index (χ0n) is 15.4. The molecule has 6 heteroatoms. The first-order chi connectivity index (χ1) is 11.7. The van der Waals surface area contributed by atoms with Crippen molar-refractivity contribution in [3.63, 3.8) is 0 Å². The fourth-order valence-corrected chi connectivity index (χ4v) is 4.94. The van der Waals surface area contributed by atoms with E-state index < -0.39 is 0 Å². The molecule has 1 atom stereocenters. The predicted molar refractivity (Wildman–Crippen MR) is 99.2 cm³/mol. The van der Waals surface area contributed by atoms with Gasteiger partial charge in [0, 0.05) is 36.7 Å². The molecule has 0 radical (unpaired) electrons. The van der Waals surface area contributed by atoms with Crippen LogP contribution < -0.4 is 5.73 Å². The van der Waals surface area contributed by atoms with Gasteiger partial charge in [-0.2, -0.15) is 5.26 Å². The zero-order chi connectivity index (χ0) is 18.5. The summed E-state index contributed by atoms with van der Waals surface area (Å²) in [5, 5.41) is 15.5. The molecule has 0 amide bonds. The molecular formula is C19H24N4OS. The van der Waals surface area contributed by atoms with Crippen molar-refractivity contribution in [1.82, 2.24) is 10.0 Å². The first-order valence-electron chi connectivity index (χ1n) is 8.35. The Hall–Kier alpha value is -2.10. The number of rotatable bonds is 2. The van der Waals surface area contributed by atoms with Crippen LogP contribution in [0.3, 0.4) is 0 Å². The van der Waals surface area contributed by atoms with Crippen molar-refractivity contribution in [3.8, 4) is 6.07 Å². The van der Waals surface area contributed by atoms with Gasteiger partial charge in [-0.15, -0.1) is 11.3 Å². The molecule has 1 aromatic rings. The summed E-state index contributed by atoms with van der Waals surface area (Å²) in [6.45, 7) is 6.23. The number of thiophene rings is 1. The summed E-state index contributed by atoms with van der Waals surface area (Å²) in [6.07, 6.45) is 1.25. The number of allylic oxidation sites excluding steroid dienone is 3. The van der Waals surface area contributed by atoms with Gasteiger partial charge in [0.2, 0.25) is 0 Å². The average molecular weight is 356 g/mol. The predicted octanol–water partition coefficient (Wildman–Crippen LogP) is 3.27. The van der Waals surface area contributed by atoms with Gasteiger partial charge in [0.25, 0.3) is 0 Å². The fourth-order valence-electron chi connectivity index (χ4n) is 3.89. The van der Waals surface area contributed by atoms with E-state index in [9.17, 15) is 10.1 Å². The highest BCUT2D eigenvalue weighted by atomic mass is 32.1. The fraction of sp³-hybridized carbons (Fsp3) is 0.474. The quantitative estimate of drug-likeness (QED) is 0.880. The van der Waals surface area contributed by atoms with Gasteiger partial charge in [-0.1, -0.05) is 13.8 Å². The van der Waals surface area contributed by atoms with E-state index in [4.69, 9.17) is 5.73 Å². The van der Waals surface area contributed by atoms with Crippen LogP contribution in [0.1, 0.15) is 43.0 Å². The van der Waals surface area contributed by atoms with E-state index in [0.29, 0.717) is 17.8 Å². The SMILES string of the molecule is Cc1ccsc1[C@@H]1C(C#N)=C(N)N(N(C)C)C2=C1C(=O)CC(C)(C)C2. The highest BCUT2D eigenvalue weighted by Crippen LogP contribution is 2.50. The maximum absolute atomic E-state index is 13.1. The van der Waals surface area contributed by atoms with Crippen molar-refractivity contribution in [2.24, 2.45) is 11.1 Å². The summed E-state index contributed by atoms with van der Waals surface area (Å²) in [5.74, 6) is 0.200. The molecule has 0 aromatic carbocycles. The molecule has 2 heterocycles. The molecule has 2 N–H and O–H groups in total. The third-order valence-electron chi connectivity index (χ3n) is 4.92. The molecule has 5 nitrogen and oxygen atoms in total. The van der Waals surface area contributed by atoms with E-state index in [-0.39, 0.29) is 17.1 Å². The largest absolute Gasteiger partial charge is 0.383 e. The number of carbonyl (C=O) groups is 1. The Morgan fingerprint density at radius 1 is 1.40 bits per heavy atom. The molecule has 1 aliphatic heterocycles. The number of nitrogens with two attached hydrogens (primary N) is 1. The molecule has 132 valence electrons. The molecule has 0 saturated heterocycles. The third kappa shape index (κ3) is 2.78. The molecule has 0 bridgehead atoms. The zero-order valence-corrected chi connectivity index (χ0v) is 16.2. The Labute approximate surface area is 153 Å². The summed E-state index contributed by atoms with van der Waals surface area (Å²) in [6, 6.07) is 4.31. The maximum atomic E-state index is 13.1. The van der Waals surface area contributed by atoms with E-state index in [1.165, 1.54) is 0 Å². The highest BCUT2D eigenvalue weighted by Gasteiger charge is 2.45. The number of aryl methyl sites for hydroxylation is 1. The van der Waals surface area contributed by atoms with Gasteiger partial charge in [0.05, 0.1) is 17.6 Å². The van der Waals surface area contributed by atoms with Gasteiger partial charge in [0.1, 0.15) is 5.82 Å². The number of hydrogen-bond donors (Lipinski definition) is 1. The summed E-state index contributed by atoms with van der Waals surface area (Å²) in [5.41, 5.74) is 9.53. The standard InChI is InChI=1S/C19H24N4OS/c1-11-6-7-25-17(11)15-12(10-20)18(21)23(22(4)5)13-8-19(2,3)9-14(24)16(13)15/h6-7,15H,8-9,21H2,1-5H3/t15-/m1/s1. The van der Waals surface area contributed by atoms with Gasteiger partial charge in [-0.3, -0.25) is 9.80 Å². The molecule has 1 aliphatic carbocycles. The van der Waals surface area contributed by atoms with Crippen LogP contribution in [0, 0.1) is 23.7 Å². The van der Waals surface area contributed by atoms with E-state index >= 15 is 0 Å². The van der Waals surface area contributed by atoms with Gasteiger partial charge in [-0.05, 0) is 35.8 Å². The lowest BCUT2D eigenvalue weighted by Gasteiger charge is -2.45. The second-order valence-corrected chi connectivity index (χ2v) is 8.72. The number of carbonyl (C=O) groups excluding carboxylic acids is 1.